The van der Waals surface area contributed by atoms with Gasteiger partial charge in [0, 0.05) is 5.54 Å². The maximum atomic E-state index is 3.76. The van der Waals surface area contributed by atoms with Crippen molar-refractivity contribution in [2.24, 2.45) is 5.92 Å². The lowest BCUT2D eigenvalue weighted by Crippen LogP contribution is -2.45. The molecule has 2 N–H and O–H groups in total. The summed E-state index contributed by atoms with van der Waals surface area (Å²) in [5.41, 5.74) is 1.67. The molecule has 0 spiro atoms. The molecule has 1 atom stereocenters. The van der Waals surface area contributed by atoms with Crippen molar-refractivity contribution in [2.45, 2.75) is 45.1 Å². The average molecular weight is 260 g/mol. The fourth-order valence-corrected chi connectivity index (χ4v) is 2.71. The molecule has 1 fully saturated rings. The molecule has 0 aliphatic carbocycles. The first-order valence-electron chi connectivity index (χ1n) is 7.65. The van der Waals surface area contributed by atoms with Gasteiger partial charge >= 0.3 is 0 Å². The SMILES string of the molecule is CC(C)(CCc1ccccc1)NCC1CCCNC1. The molecule has 19 heavy (non-hydrogen) atoms. The van der Waals surface area contributed by atoms with Crippen LogP contribution in [0.4, 0.5) is 0 Å². The summed E-state index contributed by atoms with van der Waals surface area (Å²) < 4.78 is 0. The molecule has 1 aromatic carbocycles. The number of piperidine rings is 1. The molecule has 1 unspecified atom stereocenters. The van der Waals surface area contributed by atoms with Crippen molar-refractivity contribution < 1.29 is 0 Å². The van der Waals surface area contributed by atoms with Crippen LogP contribution in [0.25, 0.3) is 0 Å². The van der Waals surface area contributed by atoms with Crippen LogP contribution in [0.2, 0.25) is 0 Å². The van der Waals surface area contributed by atoms with E-state index in [4.69, 9.17) is 0 Å². The predicted molar refractivity (Wildman–Crippen MR) is 82.4 cm³/mol. The van der Waals surface area contributed by atoms with E-state index in [9.17, 15) is 0 Å². The highest BCUT2D eigenvalue weighted by Gasteiger charge is 2.20. The van der Waals surface area contributed by atoms with Crippen LogP contribution in [0.15, 0.2) is 30.3 Å². The molecule has 1 heterocycles. The second-order valence-electron chi connectivity index (χ2n) is 6.46. The molecule has 106 valence electrons. The molecule has 1 aliphatic rings. The molecule has 2 rings (SSSR count). The third kappa shape index (κ3) is 5.33. The Hall–Kier alpha value is -0.860. The molecule has 2 heteroatoms. The first kappa shape index (κ1) is 14.5. The van der Waals surface area contributed by atoms with Crippen LogP contribution >= 0.6 is 0 Å². The average Bonchev–Trinajstić information content (AvgIpc) is 2.46. The van der Waals surface area contributed by atoms with Gasteiger partial charge in [0.25, 0.3) is 0 Å². The summed E-state index contributed by atoms with van der Waals surface area (Å²) in [6.45, 7) is 8.18. The minimum atomic E-state index is 0.229. The molecule has 1 aliphatic heterocycles. The van der Waals surface area contributed by atoms with Crippen LogP contribution in [-0.4, -0.2) is 25.2 Å². The third-order valence-electron chi connectivity index (χ3n) is 4.15. The standard InChI is InChI=1S/C17H28N2/c1-17(2,11-10-15-7-4-3-5-8-15)19-14-16-9-6-12-18-13-16/h3-5,7-8,16,18-19H,6,9-14H2,1-2H3. The Balaban J connectivity index is 1.71. The Kier molecular flexibility index (Phi) is 5.41. The topological polar surface area (TPSA) is 24.1 Å². The van der Waals surface area contributed by atoms with Crippen LogP contribution in [0.5, 0.6) is 0 Å². The van der Waals surface area contributed by atoms with Gasteiger partial charge in [-0.1, -0.05) is 30.3 Å². The number of rotatable bonds is 6. The van der Waals surface area contributed by atoms with Gasteiger partial charge in [-0.3, -0.25) is 0 Å². The van der Waals surface area contributed by atoms with Gasteiger partial charge in [0.1, 0.15) is 0 Å². The van der Waals surface area contributed by atoms with Crippen LogP contribution < -0.4 is 10.6 Å². The van der Waals surface area contributed by atoms with Crippen molar-refractivity contribution in [3.63, 3.8) is 0 Å². The largest absolute Gasteiger partial charge is 0.316 e. The second kappa shape index (κ2) is 7.06. The Bertz CT molecular complexity index is 353. The Labute approximate surface area is 118 Å². The molecule has 0 radical (unpaired) electrons. The van der Waals surface area contributed by atoms with Gasteiger partial charge in [-0.25, -0.2) is 0 Å². The van der Waals surface area contributed by atoms with Crippen molar-refractivity contribution in [2.75, 3.05) is 19.6 Å². The van der Waals surface area contributed by atoms with Crippen molar-refractivity contribution >= 4 is 0 Å². The van der Waals surface area contributed by atoms with E-state index >= 15 is 0 Å². The smallest absolute Gasteiger partial charge is 0.0128 e. The zero-order valence-corrected chi connectivity index (χ0v) is 12.4. The number of hydrogen-bond donors (Lipinski definition) is 2. The van der Waals surface area contributed by atoms with E-state index in [1.807, 2.05) is 0 Å². The minimum Gasteiger partial charge on any atom is -0.316 e. The van der Waals surface area contributed by atoms with Gasteiger partial charge in [-0.05, 0) is 70.6 Å². The summed E-state index contributed by atoms with van der Waals surface area (Å²) in [7, 11) is 0. The van der Waals surface area contributed by atoms with E-state index in [1.54, 1.807) is 0 Å². The number of hydrogen-bond acceptors (Lipinski definition) is 2. The maximum Gasteiger partial charge on any atom is 0.0128 e. The zero-order chi connectivity index (χ0) is 13.6. The second-order valence-corrected chi connectivity index (χ2v) is 6.46. The van der Waals surface area contributed by atoms with Crippen LogP contribution in [0, 0.1) is 5.92 Å². The molecular weight excluding hydrogens is 232 g/mol. The first-order valence-corrected chi connectivity index (χ1v) is 7.65. The first-order chi connectivity index (χ1) is 9.16. The van der Waals surface area contributed by atoms with E-state index in [1.165, 1.54) is 37.9 Å². The third-order valence-corrected chi connectivity index (χ3v) is 4.15. The summed E-state index contributed by atoms with van der Waals surface area (Å²) in [5, 5.41) is 7.25. The predicted octanol–water partition coefficient (Wildman–Crippen LogP) is 2.99. The number of nitrogens with one attached hydrogen (secondary N) is 2. The van der Waals surface area contributed by atoms with Gasteiger partial charge in [0.15, 0.2) is 0 Å². The summed E-state index contributed by atoms with van der Waals surface area (Å²) in [4.78, 5) is 0. The summed E-state index contributed by atoms with van der Waals surface area (Å²) in [6.07, 6.45) is 5.05. The van der Waals surface area contributed by atoms with E-state index in [0.717, 1.165) is 18.9 Å². The quantitative estimate of drug-likeness (QED) is 0.821. The van der Waals surface area contributed by atoms with Gasteiger partial charge in [0.2, 0.25) is 0 Å². The molecule has 0 aromatic heterocycles. The van der Waals surface area contributed by atoms with Crippen LogP contribution in [0.3, 0.4) is 0 Å². The lowest BCUT2D eigenvalue weighted by molar-refractivity contribution is 0.294. The number of aryl methyl sites for hydroxylation is 1. The van der Waals surface area contributed by atoms with Crippen molar-refractivity contribution in [3.8, 4) is 0 Å². The molecule has 0 saturated carbocycles. The van der Waals surface area contributed by atoms with Crippen LogP contribution in [-0.2, 0) is 6.42 Å². The fraction of sp³-hybridized carbons (Fsp3) is 0.647. The highest BCUT2D eigenvalue weighted by Crippen LogP contribution is 2.15. The lowest BCUT2D eigenvalue weighted by atomic mass is 9.93. The molecule has 2 nitrogen and oxygen atoms in total. The van der Waals surface area contributed by atoms with Crippen molar-refractivity contribution in [1.29, 1.82) is 0 Å². The molecule has 0 amide bonds. The Morgan fingerprint density at radius 2 is 2.05 bits per heavy atom. The monoisotopic (exact) mass is 260 g/mol. The van der Waals surface area contributed by atoms with Crippen molar-refractivity contribution in [1.82, 2.24) is 10.6 Å². The lowest BCUT2D eigenvalue weighted by Gasteiger charge is -2.31. The van der Waals surface area contributed by atoms with Crippen LogP contribution in [0.1, 0.15) is 38.7 Å². The summed E-state index contributed by atoms with van der Waals surface area (Å²) in [5.74, 6) is 0.810. The van der Waals surface area contributed by atoms with Gasteiger partial charge in [0.05, 0.1) is 0 Å². The normalized spacial score (nSPS) is 20.4. The molecule has 1 aromatic rings. The summed E-state index contributed by atoms with van der Waals surface area (Å²) in [6, 6.07) is 10.8. The molecular formula is C17H28N2. The Morgan fingerprint density at radius 3 is 2.74 bits per heavy atom. The fourth-order valence-electron chi connectivity index (χ4n) is 2.71. The number of benzene rings is 1. The van der Waals surface area contributed by atoms with Crippen molar-refractivity contribution in [3.05, 3.63) is 35.9 Å². The molecule has 1 saturated heterocycles. The van der Waals surface area contributed by atoms with Gasteiger partial charge in [-0.15, -0.1) is 0 Å². The van der Waals surface area contributed by atoms with E-state index in [2.05, 4.69) is 54.8 Å². The van der Waals surface area contributed by atoms with Gasteiger partial charge < -0.3 is 10.6 Å². The zero-order valence-electron chi connectivity index (χ0n) is 12.4. The maximum absolute atomic E-state index is 3.76. The Morgan fingerprint density at radius 1 is 1.26 bits per heavy atom. The minimum absolute atomic E-state index is 0.229. The van der Waals surface area contributed by atoms with Gasteiger partial charge in [-0.2, -0.15) is 0 Å². The van der Waals surface area contributed by atoms with E-state index in [0.29, 0.717) is 0 Å². The molecule has 0 bridgehead atoms. The summed E-state index contributed by atoms with van der Waals surface area (Å²) >= 11 is 0. The highest BCUT2D eigenvalue weighted by molar-refractivity contribution is 5.15. The van der Waals surface area contributed by atoms with E-state index < -0.39 is 0 Å². The highest BCUT2D eigenvalue weighted by atomic mass is 15.0. The van der Waals surface area contributed by atoms with E-state index in [-0.39, 0.29) is 5.54 Å².